The van der Waals surface area contributed by atoms with Gasteiger partial charge in [0.05, 0.1) is 0 Å². The number of hydrogen-bond acceptors (Lipinski definition) is 3. The first-order valence-corrected chi connectivity index (χ1v) is 7.02. The van der Waals surface area contributed by atoms with Crippen molar-refractivity contribution in [2.24, 2.45) is 0 Å². The van der Waals surface area contributed by atoms with E-state index in [1.54, 1.807) is 0 Å². The van der Waals surface area contributed by atoms with E-state index >= 15 is 0 Å². The van der Waals surface area contributed by atoms with Gasteiger partial charge in [0.15, 0.2) is 5.78 Å². The Hall–Kier alpha value is -1.61. The van der Waals surface area contributed by atoms with Crippen molar-refractivity contribution >= 4 is 11.5 Å². The summed E-state index contributed by atoms with van der Waals surface area (Å²) in [7, 11) is 7.89. The van der Waals surface area contributed by atoms with E-state index in [1.807, 2.05) is 88.3 Å². The summed E-state index contributed by atoms with van der Waals surface area (Å²) in [5.41, 5.74) is 1.29. The quantitative estimate of drug-likeness (QED) is 0.588. The average molecular weight is 274 g/mol. The molecule has 0 aliphatic heterocycles. The van der Waals surface area contributed by atoms with Crippen molar-refractivity contribution < 1.29 is 4.79 Å². The third kappa shape index (κ3) is 3.10. The Bertz CT molecular complexity index is 474. The lowest BCUT2D eigenvalue weighted by atomic mass is 9.85. The summed E-state index contributed by atoms with van der Waals surface area (Å²) >= 11 is 0. The maximum atomic E-state index is 12.9. The molecule has 110 valence electrons. The number of ketones is 1. The monoisotopic (exact) mass is 274 g/mol. The number of carbonyl (C=O) groups excluding carboxylic acids is 1. The minimum absolute atomic E-state index is 0.147. The minimum Gasteiger partial charge on any atom is -0.378 e. The lowest BCUT2D eigenvalue weighted by Gasteiger charge is -2.35. The maximum Gasteiger partial charge on any atom is 0.186 e. The van der Waals surface area contributed by atoms with Gasteiger partial charge in [0, 0.05) is 25.3 Å². The maximum absolute atomic E-state index is 12.9. The molecule has 0 N–H and O–H groups in total. The zero-order chi connectivity index (χ0) is 15.3. The van der Waals surface area contributed by atoms with E-state index in [1.165, 1.54) is 0 Å². The second-order valence-electron chi connectivity index (χ2n) is 5.44. The van der Waals surface area contributed by atoms with Gasteiger partial charge in [-0.3, -0.25) is 9.69 Å². The van der Waals surface area contributed by atoms with E-state index in [0.29, 0.717) is 0 Å². The van der Waals surface area contributed by atoms with Crippen molar-refractivity contribution in [2.75, 3.05) is 33.1 Å². The molecule has 3 nitrogen and oxygen atoms in total. The summed E-state index contributed by atoms with van der Waals surface area (Å²) in [5, 5.41) is 0. The van der Waals surface area contributed by atoms with E-state index in [2.05, 4.69) is 0 Å². The van der Waals surface area contributed by atoms with Crippen LogP contribution in [0.4, 0.5) is 5.69 Å². The van der Waals surface area contributed by atoms with Crippen molar-refractivity contribution in [1.82, 2.24) is 4.90 Å². The fourth-order valence-electron chi connectivity index (χ4n) is 2.46. The molecule has 0 fully saturated rings. The van der Waals surface area contributed by atoms with Gasteiger partial charge in [0.1, 0.15) is 5.54 Å². The molecule has 3 heteroatoms. The van der Waals surface area contributed by atoms with Crippen LogP contribution in [0.25, 0.3) is 0 Å². The van der Waals surface area contributed by atoms with Crippen LogP contribution in [0.5, 0.6) is 0 Å². The molecule has 0 bridgehead atoms. The summed E-state index contributed by atoms with van der Waals surface area (Å²) < 4.78 is 0. The number of allylic oxidation sites excluding steroid dienone is 1. The predicted molar refractivity (Wildman–Crippen MR) is 86.6 cm³/mol. The van der Waals surface area contributed by atoms with Gasteiger partial charge in [0.2, 0.25) is 0 Å². The van der Waals surface area contributed by atoms with Gasteiger partial charge in [0.25, 0.3) is 0 Å². The molecule has 0 radical (unpaired) electrons. The van der Waals surface area contributed by atoms with Crippen LogP contribution < -0.4 is 4.90 Å². The Balaban J connectivity index is 3.19. The molecular formula is C17H26N2O. The van der Waals surface area contributed by atoms with E-state index in [-0.39, 0.29) is 5.78 Å². The van der Waals surface area contributed by atoms with Gasteiger partial charge in [-0.25, -0.2) is 0 Å². The summed E-state index contributed by atoms with van der Waals surface area (Å²) in [5.74, 6) is 0.147. The highest BCUT2D eigenvalue weighted by Crippen LogP contribution is 2.25. The largest absolute Gasteiger partial charge is 0.378 e. The molecule has 0 aromatic heterocycles. The molecule has 0 heterocycles. The highest BCUT2D eigenvalue weighted by molar-refractivity contribution is 6.04. The highest BCUT2D eigenvalue weighted by Gasteiger charge is 2.36. The third-order valence-electron chi connectivity index (χ3n) is 3.82. The van der Waals surface area contributed by atoms with Crippen LogP contribution in [0.15, 0.2) is 36.4 Å². The molecule has 0 aliphatic carbocycles. The SMILES string of the molecule is CC=CC(CC)(C(=O)c1ccc(N(C)C)cc1)N(C)C. The molecule has 1 rings (SSSR count). The molecule has 0 saturated heterocycles. The third-order valence-corrected chi connectivity index (χ3v) is 3.82. The van der Waals surface area contributed by atoms with Crippen LogP contribution in [0.2, 0.25) is 0 Å². The Morgan fingerprint density at radius 3 is 2.05 bits per heavy atom. The van der Waals surface area contributed by atoms with Gasteiger partial charge in [-0.05, 0) is 51.7 Å². The fourth-order valence-corrected chi connectivity index (χ4v) is 2.46. The molecule has 1 unspecified atom stereocenters. The molecule has 20 heavy (non-hydrogen) atoms. The molecule has 1 atom stereocenters. The minimum atomic E-state index is -0.561. The number of carbonyl (C=O) groups is 1. The Kier molecular flexibility index (Phi) is 5.52. The lowest BCUT2D eigenvalue weighted by molar-refractivity contribution is 0.0767. The average Bonchev–Trinajstić information content (AvgIpc) is 2.43. The Morgan fingerprint density at radius 2 is 1.70 bits per heavy atom. The van der Waals surface area contributed by atoms with Gasteiger partial charge >= 0.3 is 0 Å². The summed E-state index contributed by atoms with van der Waals surface area (Å²) in [4.78, 5) is 16.9. The molecule has 0 amide bonds. The van der Waals surface area contributed by atoms with Crippen molar-refractivity contribution in [1.29, 1.82) is 0 Å². The smallest absolute Gasteiger partial charge is 0.186 e. The van der Waals surface area contributed by atoms with Crippen LogP contribution in [0, 0.1) is 0 Å². The first kappa shape index (κ1) is 16.4. The first-order valence-electron chi connectivity index (χ1n) is 7.02. The lowest BCUT2D eigenvalue weighted by Crippen LogP contribution is -2.49. The van der Waals surface area contributed by atoms with Crippen molar-refractivity contribution in [2.45, 2.75) is 25.8 Å². The van der Waals surface area contributed by atoms with Gasteiger partial charge in [-0.1, -0.05) is 19.1 Å². The molecule has 0 aliphatic rings. The van der Waals surface area contributed by atoms with Crippen molar-refractivity contribution in [3.8, 4) is 0 Å². The van der Waals surface area contributed by atoms with Crippen LogP contribution in [-0.2, 0) is 0 Å². The molecule has 1 aromatic carbocycles. The second-order valence-corrected chi connectivity index (χ2v) is 5.44. The van der Waals surface area contributed by atoms with Crippen LogP contribution in [-0.4, -0.2) is 44.4 Å². The number of Topliss-reactive ketones (excluding diaryl/α,β-unsaturated/α-hetero) is 1. The number of likely N-dealkylation sites (N-methyl/N-ethyl adjacent to an activating group) is 1. The zero-order valence-electron chi connectivity index (χ0n) is 13.5. The van der Waals surface area contributed by atoms with Crippen LogP contribution >= 0.6 is 0 Å². The standard InChI is InChI=1S/C17H26N2O/c1-7-13-17(8-2,19(5)6)16(20)14-9-11-15(12-10-14)18(3)4/h7,9-13H,8H2,1-6H3. The molecule has 0 spiro atoms. The number of rotatable bonds is 6. The topological polar surface area (TPSA) is 23.6 Å². The number of benzene rings is 1. The number of anilines is 1. The normalized spacial score (nSPS) is 14.6. The van der Waals surface area contributed by atoms with Crippen LogP contribution in [0.3, 0.4) is 0 Å². The van der Waals surface area contributed by atoms with Crippen molar-refractivity contribution in [3.05, 3.63) is 42.0 Å². The summed E-state index contributed by atoms with van der Waals surface area (Å²) in [6.07, 6.45) is 4.70. The second kappa shape index (κ2) is 6.71. The predicted octanol–water partition coefficient (Wildman–Crippen LogP) is 3.22. The van der Waals surface area contributed by atoms with E-state index in [0.717, 1.165) is 17.7 Å². The van der Waals surface area contributed by atoms with Crippen LogP contribution in [0.1, 0.15) is 30.6 Å². The highest BCUT2D eigenvalue weighted by atomic mass is 16.1. The van der Waals surface area contributed by atoms with Crippen molar-refractivity contribution in [3.63, 3.8) is 0 Å². The first-order chi connectivity index (χ1) is 9.39. The number of nitrogens with zero attached hydrogens (tertiary/aromatic N) is 2. The fraction of sp³-hybridized carbons (Fsp3) is 0.471. The Morgan fingerprint density at radius 1 is 1.15 bits per heavy atom. The van der Waals surface area contributed by atoms with E-state index < -0.39 is 5.54 Å². The van der Waals surface area contributed by atoms with Gasteiger partial charge in [-0.2, -0.15) is 0 Å². The zero-order valence-corrected chi connectivity index (χ0v) is 13.5. The molecule has 0 saturated carbocycles. The molecular weight excluding hydrogens is 248 g/mol. The van der Waals surface area contributed by atoms with E-state index in [4.69, 9.17) is 0 Å². The summed E-state index contributed by atoms with van der Waals surface area (Å²) in [6.45, 7) is 4.00. The van der Waals surface area contributed by atoms with E-state index in [9.17, 15) is 4.79 Å². The Labute approximate surface area is 122 Å². The van der Waals surface area contributed by atoms with Gasteiger partial charge < -0.3 is 4.90 Å². The summed E-state index contributed by atoms with van der Waals surface area (Å²) in [6, 6.07) is 7.79. The number of hydrogen-bond donors (Lipinski definition) is 0. The van der Waals surface area contributed by atoms with Gasteiger partial charge in [-0.15, -0.1) is 0 Å². The molecule has 1 aromatic rings.